The van der Waals surface area contributed by atoms with Gasteiger partial charge in [-0.2, -0.15) is 10.0 Å². The summed E-state index contributed by atoms with van der Waals surface area (Å²) in [4.78, 5) is 32.7. The van der Waals surface area contributed by atoms with Crippen molar-refractivity contribution < 1.29 is 27.8 Å². The molecule has 2 rings (SSSR count). The van der Waals surface area contributed by atoms with Crippen molar-refractivity contribution in [1.82, 2.24) is 14.6 Å². The van der Waals surface area contributed by atoms with Gasteiger partial charge in [0.05, 0.1) is 25.9 Å². The summed E-state index contributed by atoms with van der Waals surface area (Å²) in [7, 11) is -1.94. The molecule has 0 bridgehead atoms. The molecular weight excluding hydrogens is 379 g/mol. The molecule has 1 amide bonds. The van der Waals surface area contributed by atoms with Crippen LogP contribution in [0.15, 0.2) is 17.1 Å². The van der Waals surface area contributed by atoms with Crippen molar-refractivity contribution in [3.63, 3.8) is 0 Å². The van der Waals surface area contributed by atoms with Gasteiger partial charge in [0.1, 0.15) is 5.82 Å². The van der Waals surface area contributed by atoms with Gasteiger partial charge in [-0.3, -0.25) is 27.8 Å². The average molecular weight is 404 g/mol. The molecule has 2 heterocycles. The molecule has 1 N–H and O–H groups in total. The number of amides is 1. The molecule has 0 aliphatic carbocycles. The molecule has 11 nitrogen and oxygen atoms in total. The molecular formula is C15H25N4O7P. The van der Waals surface area contributed by atoms with Gasteiger partial charge in [-0.15, -0.1) is 0 Å². The van der Waals surface area contributed by atoms with E-state index in [2.05, 4.69) is 10.3 Å². The van der Waals surface area contributed by atoms with Crippen LogP contribution in [0.25, 0.3) is 0 Å². The highest BCUT2D eigenvalue weighted by atomic mass is 31.2. The Kier molecular flexibility index (Phi) is 7.66. The Labute approximate surface area is 157 Å². The minimum absolute atomic E-state index is 0.0381. The van der Waals surface area contributed by atoms with E-state index in [0.29, 0.717) is 6.42 Å². The first-order chi connectivity index (χ1) is 12.8. The summed E-state index contributed by atoms with van der Waals surface area (Å²) in [6.45, 7) is 5.14. The Morgan fingerprint density at radius 3 is 2.59 bits per heavy atom. The topological polar surface area (TPSA) is 121 Å². The van der Waals surface area contributed by atoms with Crippen molar-refractivity contribution in [2.75, 3.05) is 32.2 Å². The number of nitrogens with one attached hydrogen (secondary N) is 1. The maximum Gasteiger partial charge on any atom is 0.474 e. The van der Waals surface area contributed by atoms with Crippen LogP contribution in [-0.4, -0.2) is 53.4 Å². The zero-order chi connectivity index (χ0) is 20.0. The fraction of sp³-hybridized carbons (Fsp3) is 0.667. The summed E-state index contributed by atoms with van der Waals surface area (Å²) in [6.07, 6.45) is 1.29. The Balaban J connectivity index is 2.02. The van der Waals surface area contributed by atoms with E-state index in [1.165, 1.54) is 28.8 Å². The van der Waals surface area contributed by atoms with Crippen molar-refractivity contribution in [3.8, 4) is 0 Å². The number of hydroxylamine groups is 2. The first-order valence-corrected chi connectivity index (χ1v) is 10.0. The third-order valence-corrected chi connectivity index (χ3v) is 5.33. The number of phosphoric acid groups is 1. The molecule has 0 spiro atoms. The smallest absolute Gasteiger partial charge is 0.311 e. The van der Waals surface area contributed by atoms with Crippen LogP contribution in [0.1, 0.15) is 33.4 Å². The normalized spacial score (nSPS) is 20.7. The summed E-state index contributed by atoms with van der Waals surface area (Å²) in [5.74, 6) is -0.147. The summed E-state index contributed by atoms with van der Waals surface area (Å²) in [6, 6.07) is 1.24. The standard InChI is InChI=1S/C15H25N4O7P/c1-5-23-27(22,24-6-2)25-10-12-9-14(26-18(12)4)19-8-7-13(16-11(3)20)17-15(19)21/h7-8,12,14H,5-6,9-10H2,1-4H3,(H,16,17,20,21)/t12-,14-/m1/s1. The van der Waals surface area contributed by atoms with Crippen LogP contribution in [0.2, 0.25) is 0 Å². The molecule has 1 aliphatic heterocycles. The Bertz CT molecular complexity index is 746. The van der Waals surface area contributed by atoms with E-state index in [9.17, 15) is 14.2 Å². The number of aromatic nitrogens is 2. The number of hydrogen-bond acceptors (Lipinski definition) is 9. The van der Waals surface area contributed by atoms with Crippen LogP contribution in [0.4, 0.5) is 5.82 Å². The Morgan fingerprint density at radius 2 is 2.04 bits per heavy atom. The first kappa shape index (κ1) is 21.7. The summed E-state index contributed by atoms with van der Waals surface area (Å²) in [5.41, 5.74) is -0.560. The van der Waals surface area contributed by atoms with E-state index in [1.807, 2.05) is 0 Å². The van der Waals surface area contributed by atoms with Gasteiger partial charge in [-0.1, -0.05) is 0 Å². The Hall–Kier alpha value is -1.62. The molecule has 1 aromatic heterocycles. The molecule has 27 heavy (non-hydrogen) atoms. The fourth-order valence-electron chi connectivity index (χ4n) is 2.53. The van der Waals surface area contributed by atoms with Crippen molar-refractivity contribution in [2.45, 2.75) is 39.5 Å². The summed E-state index contributed by atoms with van der Waals surface area (Å²) < 4.78 is 29.3. The third-order valence-electron chi connectivity index (χ3n) is 3.72. The van der Waals surface area contributed by atoms with E-state index in [1.54, 1.807) is 20.9 Å². The van der Waals surface area contributed by atoms with Gasteiger partial charge < -0.3 is 5.32 Å². The van der Waals surface area contributed by atoms with Crippen LogP contribution >= 0.6 is 7.82 Å². The van der Waals surface area contributed by atoms with Gasteiger partial charge >= 0.3 is 13.5 Å². The van der Waals surface area contributed by atoms with Gasteiger partial charge in [0, 0.05) is 26.6 Å². The molecule has 1 fully saturated rings. The minimum Gasteiger partial charge on any atom is -0.311 e. The number of anilines is 1. The highest BCUT2D eigenvalue weighted by Crippen LogP contribution is 2.49. The summed E-state index contributed by atoms with van der Waals surface area (Å²) in [5, 5.41) is 3.98. The van der Waals surface area contributed by atoms with Crippen molar-refractivity contribution in [3.05, 3.63) is 22.7 Å². The molecule has 1 saturated heterocycles. The highest BCUT2D eigenvalue weighted by Gasteiger charge is 2.36. The first-order valence-electron chi connectivity index (χ1n) is 8.58. The van der Waals surface area contributed by atoms with E-state index in [4.69, 9.17) is 18.4 Å². The second-order valence-corrected chi connectivity index (χ2v) is 7.43. The number of phosphoric ester groups is 1. The number of rotatable bonds is 9. The van der Waals surface area contributed by atoms with Gasteiger partial charge in [-0.25, -0.2) is 9.36 Å². The van der Waals surface area contributed by atoms with Crippen molar-refractivity contribution in [2.24, 2.45) is 0 Å². The molecule has 152 valence electrons. The summed E-state index contributed by atoms with van der Waals surface area (Å²) >= 11 is 0. The van der Waals surface area contributed by atoms with E-state index in [-0.39, 0.29) is 37.6 Å². The Morgan fingerprint density at radius 1 is 1.37 bits per heavy atom. The average Bonchev–Trinajstić information content (AvgIpc) is 2.94. The minimum atomic E-state index is -3.62. The zero-order valence-corrected chi connectivity index (χ0v) is 16.7. The molecule has 1 aliphatic rings. The van der Waals surface area contributed by atoms with Crippen LogP contribution in [0, 0.1) is 0 Å². The monoisotopic (exact) mass is 404 g/mol. The second kappa shape index (κ2) is 9.54. The lowest BCUT2D eigenvalue weighted by Gasteiger charge is -2.21. The van der Waals surface area contributed by atoms with Gasteiger partial charge in [0.25, 0.3) is 0 Å². The molecule has 0 aromatic carbocycles. The van der Waals surface area contributed by atoms with E-state index < -0.39 is 19.7 Å². The lowest BCUT2D eigenvalue weighted by atomic mass is 10.2. The maximum atomic E-state index is 12.4. The third kappa shape index (κ3) is 5.93. The van der Waals surface area contributed by atoms with Gasteiger partial charge in [0.15, 0.2) is 6.23 Å². The largest absolute Gasteiger partial charge is 0.474 e. The number of hydrogen-bond donors (Lipinski definition) is 1. The fourth-order valence-corrected chi connectivity index (χ4v) is 3.74. The lowest BCUT2D eigenvalue weighted by Crippen LogP contribution is -2.28. The maximum absolute atomic E-state index is 12.4. The quantitative estimate of drug-likeness (QED) is 0.611. The number of carbonyl (C=O) groups is 1. The molecule has 12 heteroatoms. The second-order valence-electron chi connectivity index (χ2n) is 5.76. The molecule has 0 saturated carbocycles. The number of likely N-dealkylation sites (N-methyl/N-ethyl adjacent to an activating group) is 1. The number of carbonyl (C=O) groups excluding carboxylic acids is 1. The van der Waals surface area contributed by atoms with Crippen LogP contribution in [0.5, 0.6) is 0 Å². The molecule has 2 atom stereocenters. The lowest BCUT2D eigenvalue weighted by molar-refractivity contribution is -0.170. The molecule has 0 radical (unpaired) electrons. The van der Waals surface area contributed by atoms with Crippen molar-refractivity contribution >= 4 is 19.5 Å². The SMILES string of the molecule is CCOP(=O)(OCC)OC[C@H]1C[C@H](n2ccc(NC(C)=O)nc2=O)ON1C. The predicted octanol–water partition coefficient (Wildman–Crippen LogP) is 1.53. The van der Waals surface area contributed by atoms with Gasteiger partial charge in [0.2, 0.25) is 5.91 Å². The zero-order valence-electron chi connectivity index (χ0n) is 15.8. The van der Waals surface area contributed by atoms with Crippen LogP contribution in [-0.2, 0) is 27.8 Å². The van der Waals surface area contributed by atoms with Crippen LogP contribution in [0.3, 0.4) is 0 Å². The van der Waals surface area contributed by atoms with E-state index in [0.717, 1.165) is 0 Å². The van der Waals surface area contributed by atoms with E-state index >= 15 is 0 Å². The van der Waals surface area contributed by atoms with Gasteiger partial charge in [-0.05, 0) is 19.9 Å². The van der Waals surface area contributed by atoms with Crippen molar-refractivity contribution in [1.29, 1.82) is 0 Å². The van der Waals surface area contributed by atoms with Crippen LogP contribution < -0.4 is 11.0 Å². The highest BCUT2D eigenvalue weighted by molar-refractivity contribution is 7.48. The number of nitrogens with zero attached hydrogens (tertiary/aromatic N) is 3. The molecule has 1 aromatic rings. The molecule has 0 unspecified atom stereocenters. The predicted molar refractivity (Wildman–Crippen MR) is 95.9 cm³/mol.